The standard InChI is InChI=1S/C15H13N3O3S/c1-2-3-9-8-16-14(19)18(9)15-17-12-11(22-15)5-4-10-13(12)21-7-6-20-10/h4-5,9H,6-8H2,1H3,(H,16,19). The number of aromatic nitrogens is 1. The van der Waals surface area contributed by atoms with Crippen molar-refractivity contribution in [2.45, 2.75) is 13.0 Å². The first kappa shape index (κ1) is 13.2. The summed E-state index contributed by atoms with van der Waals surface area (Å²) in [5.41, 5.74) is 0.736. The van der Waals surface area contributed by atoms with Crippen molar-refractivity contribution in [2.75, 3.05) is 24.7 Å². The maximum absolute atomic E-state index is 12.1. The molecule has 1 saturated heterocycles. The second-order valence-electron chi connectivity index (χ2n) is 4.90. The fraction of sp³-hybridized carbons (Fsp3) is 0.333. The van der Waals surface area contributed by atoms with Crippen molar-refractivity contribution < 1.29 is 14.3 Å². The minimum absolute atomic E-state index is 0.169. The predicted octanol–water partition coefficient (Wildman–Crippen LogP) is 1.99. The van der Waals surface area contributed by atoms with Gasteiger partial charge in [0.25, 0.3) is 0 Å². The summed E-state index contributed by atoms with van der Waals surface area (Å²) in [4.78, 5) is 18.3. The Balaban J connectivity index is 1.82. The van der Waals surface area contributed by atoms with Gasteiger partial charge in [0, 0.05) is 0 Å². The van der Waals surface area contributed by atoms with E-state index in [1.165, 1.54) is 11.3 Å². The normalized spacial score (nSPS) is 19.8. The van der Waals surface area contributed by atoms with Gasteiger partial charge in [-0.1, -0.05) is 17.3 Å². The fourth-order valence-electron chi connectivity index (χ4n) is 2.60. The third-order valence-electron chi connectivity index (χ3n) is 3.55. The third kappa shape index (κ3) is 1.96. The topological polar surface area (TPSA) is 63.7 Å². The predicted molar refractivity (Wildman–Crippen MR) is 83.7 cm³/mol. The molecule has 2 aliphatic heterocycles. The van der Waals surface area contributed by atoms with E-state index in [2.05, 4.69) is 22.1 Å². The van der Waals surface area contributed by atoms with Crippen LogP contribution in [-0.2, 0) is 0 Å². The molecule has 22 heavy (non-hydrogen) atoms. The Labute approximate surface area is 131 Å². The first-order valence-electron chi connectivity index (χ1n) is 6.96. The van der Waals surface area contributed by atoms with Gasteiger partial charge >= 0.3 is 6.03 Å². The second-order valence-corrected chi connectivity index (χ2v) is 5.91. The van der Waals surface area contributed by atoms with Gasteiger partial charge in [-0.05, 0) is 19.1 Å². The fourth-order valence-corrected chi connectivity index (χ4v) is 3.61. The number of hydrogen-bond donors (Lipinski definition) is 1. The molecule has 0 bridgehead atoms. The van der Waals surface area contributed by atoms with Crippen LogP contribution in [0.4, 0.5) is 9.93 Å². The first-order chi connectivity index (χ1) is 10.8. The number of amides is 2. The van der Waals surface area contributed by atoms with Crippen LogP contribution < -0.4 is 19.7 Å². The quantitative estimate of drug-likeness (QED) is 0.818. The van der Waals surface area contributed by atoms with Crippen molar-refractivity contribution in [3.63, 3.8) is 0 Å². The van der Waals surface area contributed by atoms with E-state index < -0.39 is 0 Å². The zero-order valence-corrected chi connectivity index (χ0v) is 12.7. The van der Waals surface area contributed by atoms with Crippen LogP contribution in [0.3, 0.4) is 0 Å². The number of rotatable bonds is 1. The van der Waals surface area contributed by atoms with Crippen LogP contribution >= 0.6 is 11.3 Å². The number of ether oxygens (including phenoxy) is 2. The highest BCUT2D eigenvalue weighted by atomic mass is 32.1. The molecular formula is C15H13N3O3S. The van der Waals surface area contributed by atoms with Gasteiger partial charge in [0.15, 0.2) is 16.6 Å². The number of urea groups is 1. The van der Waals surface area contributed by atoms with Crippen LogP contribution in [0.5, 0.6) is 11.5 Å². The number of nitrogens with zero attached hydrogens (tertiary/aromatic N) is 2. The molecular weight excluding hydrogens is 302 g/mol. The lowest BCUT2D eigenvalue weighted by Gasteiger charge is -2.18. The van der Waals surface area contributed by atoms with E-state index in [9.17, 15) is 4.79 Å². The van der Waals surface area contributed by atoms with Crippen LogP contribution in [-0.4, -0.2) is 36.8 Å². The minimum Gasteiger partial charge on any atom is -0.486 e. The van der Waals surface area contributed by atoms with Crippen molar-refractivity contribution in [3.05, 3.63) is 12.1 Å². The molecule has 0 spiro atoms. The Morgan fingerprint density at radius 2 is 2.27 bits per heavy atom. The number of carbonyl (C=O) groups excluding carboxylic acids is 1. The Morgan fingerprint density at radius 3 is 3.14 bits per heavy atom. The smallest absolute Gasteiger partial charge is 0.324 e. The highest BCUT2D eigenvalue weighted by Crippen LogP contribution is 2.41. The molecule has 6 nitrogen and oxygen atoms in total. The van der Waals surface area contributed by atoms with Gasteiger partial charge in [-0.25, -0.2) is 9.78 Å². The zero-order chi connectivity index (χ0) is 15.1. The van der Waals surface area contributed by atoms with E-state index in [4.69, 9.17) is 9.47 Å². The second kappa shape index (κ2) is 5.07. The summed E-state index contributed by atoms with van der Waals surface area (Å²) in [6, 6.07) is 3.47. The number of thiazole rings is 1. The molecule has 1 fully saturated rings. The summed E-state index contributed by atoms with van der Waals surface area (Å²) in [6.45, 7) is 3.32. The molecule has 4 rings (SSSR count). The van der Waals surface area contributed by atoms with Crippen LogP contribution in [0.2, 0.25) is 0 Å². The summed E-state index contributed by atoms with van der Waals surface area (Å²) >= 11 is 1.45. The number of benzene rings is 1. The summed E-state index contributed by atoms with van der Waals surface area (Å²) in [5, 5.41) is 3.43. The molecule has 1 atom stereocenters. The number of nitrogens with one attached hydrogen (secondary N) is 1. The lowest BCUT2D eigenvalue weighted by Crippen LogP contribution is -2.33. The third-order valence-corrected chi connectivity index (χ3v) is 4.57. The molecule has 0 radical (unpaired) electrons. The highest BCUT2D eigenvalue weighted by Gasteiger charge is 2.33. The van der Waals surface area contributed by atoms with E-state index in [0.29, 0.717) is 36.4 Å². The van der Waals surface area contributed by atoms with Crippen molar-refractivity contribution in [2.24, 2.45) is 0 Å². The number of anilines is 1. The van der Waals surface area contributed by atoms with Crippen LogP contribution in [0.1, 0.15) is 6.92 Å². The van der Waals surface area contributed by atoms with E-state index in [1.807, 2.05) is 12.1 Å². The molecule has 0 saturated carbocycles. The van der Waals surface area contributed by atoms with Crippen LogP contribution in [0, 0.1) is 11.8 Å². The summed E-state index contributed by atoms with van der Waals surface area (Å²) in [6.07, 6.45) is 0. The average molecular weight is 315 g/mol. The Morgan fingerprint density at radius 1 is 1.41 bits per heavy atom. The maximum Gasteiger partial charge on any atom is 0.324 e. The lowest BCUT2D eigenvalue weighted by molar-refractivity contribution is 0.173. The maximum atomic E-state index is 12.1. The van der Waals surface area contributed by atoms with Gasteiger partial charge < -0.3 is 14.8 Å². The molecule has 1 N–H and O–H groups in total. The summed E-state index contributed by atoms with van der Waals surface area (Å²) in [5.74, 6) is 7.25. The van der Waals surface area contributed by atoms with E-state index >= 15 is 0 Å². The molecule has 1 aromatic carbocycles. The average Bonchev–Trinajstić information content (AvgIpc) is 3.11. The molecule has 1 aromatic heterocycles. The lowest BCUT2D eigenvalue weighted by atomic mass is 10.3. The molecule has 2 amide bonds. The minimum atomic E-state index is -0.189. The number of carbonyl (C=O) groups is 1. The van der Waals surface area contributed by atoms with Crippen molar-refractivity contribution in [1.29, 1.82) is 0 Å². The number of hydrogen-bond acceptors (Lipinski definition) is 5. The van der Waals surface area contributed by atoms with Gasteiger partial charge in [0.2, 0.25) is 0 Å². The van der Waals surface area contributed by atoms with Crippen molar-refractivity contribution >= 4 is 32.7 Å². The van der Waals surface area contributed by atoms with E-state index in [-0.39, 0.29) is 12.1 Å². The SMILES string of the molecule is CC#CC1CNC(=O)N1c1nc2c3c(ccc2s1)OCCO3. The Bertz CT molecular complexity index is 821. The van der Waals surface area contributed by atoms with Gasteiger partial charge in [0.05, 0.1) is 11.2 Å². The highest BCUT2D eigenvalue weighted by molar-refractivity contribution is 7.22. The van der Waals surface area contributed by atoms with Gasteiger partial charge in [0.1, 0.15) is 24.8 Å². The van der Waals surface area contributed by atoms with Gasteiger partial charge in [-0.2, -0.15) is 0 Å². The molecule has 2 aliphatic rings. The first-order valence-corrected chi connectivity index (χ1v) is 7.78. The zero-order valence-electron chi connectivity index (χ0n) is 11.9. The van der Waals surface area contributed by atoms with Crippen molar-refractivity contribution in [3.8, 4) is 23.3 Å². The molecule has 112 valence electrons. The summed E-state index contributed by atoms with van der Waals surface area (Å²) < 4.78 is 12.2. The van der Waals surface area contributed by atoms with Gasteiger partial charge in [-0.15, -0.1) is 5.92 Å². The van der Waals surface area contributed by atoms with E-state index in [1.54, 1.807) is 11.8 Å². The van der Waals surface area contributed by atoms with Crippen molar-refractivity contribution in [1.82, 2.24) is 10.3 Å². The molecule has 0 aliphatic carbocycles. The molecule has 7 heteroatoms. The monoisotopic (exact) mass is 315 g/mol. The number of fused-ring (bicyclic) bond motifs is 3. The summed E-state index contributed by atoms with van der Waals surface area (Å²) in [7, 11) is 0. The molecule has 3 heterocycles. The Kier molecular flexibility index (Phi) is 3.05. The largest absolute Gasteiger partial charge is 0.486 e. The Hall–Kier alpha value is -2.46. The van der Waals surface area contributed by atoms with Crippen LogP contribution in [0.15, 0.2) is 12.1 Å². The molecule has 1 unspecified atom stereocenters. The van der Waals surface area contributed by atoms with Crippen LogP contribution in [0.25, 0.3) is 10.2 Å². The molecule has 2 aromatic rings. The van der Waals surface area contributed by atoms with Gasteiger partial charge in [-0.3, -0.25) is 4.90 Å². The van der Waals surface area contributed by atoms with E-state index in [0.717, 1.165) is 10.2 Å².